The van der Waals surface area contributed by atoms with Crippen molar-refractivity contribution in [1.29, 1.82) is 0 Å². The molecule has 200 valence electrons. The topological polar surface area (TPSA) is 111 Å². The Morgan fingerprint density at radius 3 is 2.68 bits per heavy atom. The van der Waals surface area contributed by atoms with Crippen LogP contribution in [0.1, 0.15) is 49.1 Å². The minimum atomic E-state index is -0.558. The summed E-state index contributed by atoms with van der Waals surface area (Å²) in [4.78, 5) is 25.8. The number of halogens is 1. The molecule has 2 fully saturated rings. The van der Waals surface area contributed by atoms with E-state index in [1.807, 2.05) is 31.3 Å². The SMILES string of the molecule is C=C(Cl)/C(=C\c1cn(Cc2nn(CC(=O)NC3CCC[C@@H]3O)c(=O)c3ccccc23)nc1C)OCC1CC1. The Hall–Kier alpha value is -3.43. The molecule has 9 nitrogen and oxygen atoms in total. The van der Waals surface area contributed by atoms with Crippen molar-refractivity contribution in [1.82, 2.24) is 24.9 Å². The molecule has 38 heavy (non-hydrogen) atoms. The lowest BCUT2D eigenvalue weighted by Crippen LogP contribution is -2.43. The summed E-state index contributed by atoms with van der Waals surface area (Å²) >= 11 is 6.18. The smallest absolute Gasteiger partial charge is 0.275 e. The third-order valence-electron chi connectivity index (χ3n) is 7.08. The van der Waals surface area contributed by atoms with Crippen molar-refractivity contribution in [3.63, 3.8) is 0 Å². The fourth-order valence-corrected chi connectivity index (χ4v) is 4.88. The Labute approximate surface area is 225 Å². The molecule has 3 aromatic rings. The number of aliphatic hydroxyl groups is 1. The van der Waals surface area contributed by atoms with Crippen LogP contribution in [0.2, 0.25) is 0 Å². The molecular weight excluding hydrogens is 506 g/mol. The van der Waals surface area contributed by atoms with Gasteiger partial charge in [0.25, 0.3) is 5.56 Å². The molecule has 5 rings (SSSR count). The predicted octanol–water partition coefficient (Wildman–Crippen LogP) is 3.50. The second-order valence-corrected chi connectivity index (χ2v) is 10.6. The molecule has 0 spiro atoms. The third-order valence-corrected chi connectivity index (χ3v) is 7.27. The Morgan fingerprint density at radius 2 is 2.00 bits per heavy atom. The van der Waals surface area contributed by atoms with Crippen LogP contribution in [0.15, 0.2) is 52.6 Å². The molecule has 2 aliphatic carbocycles. The van der Waals surface area contributed by atoms with E-state index in [0.29, 0.717) is 52.7 Å². The average Bonchev–Trinajstić information content (AvgIpc) is 3.54. The maximum atomic E-state index is 13.1. The van der Waals surface area contributed by atoms with E-state index in [4.69, 9.17) is 16.3 Å². The van der Waals surface area contributed by atoms with Gasteiger partial charge in [-0.1, -0.05) is 36.4 Å². The van der Waals surface area contributed by atoms with Gasteiger partial charge in [-0.05, 0) is 57.1 Å². The number of fused-ring (bicyclic) bond motifs is 1. The van der Waals surface area contributed by atoms with Gasteiger partial charge in [0.1, 0.15) is 12.3 Å². The van der Waals surface area contributed by atoms with Gasteiger partial charge in [-0.3, -0.25) is 14.3 Å². The number of allylic oxidation sites excluding steroid dienone is 1. The van der Waals surface area contributed by atoms with Crippen LogP contribution in [0, 0.1) is 12.8 Å². The van der Waals surface area contributed by atoms with Crippen molar-refractivity contribution in [3.05, 3.63) is 75.1 Å². The fraction of sp³-hybridized carbons (Fsp3) is 0.429. The summed E-state index contributed by atoms with van der Waals surface area (Å²) in [5.74, 6) is 0.754. The highest BCUT2D eigenvalue weighted by molar-refractivity contribution is 6.31. The molecule has 1 aromatic carbocycles. The number of aliphatic hydroxyl groups excluding tert-OH is 1. The van der Waals surface area contributed by atoms with Gasteiger partial charge in [0, 0.05) is 17.1 Å². The first-order valence-corrected chi connectivity index (χ1v) is 13.4. The number of carbonyl (C=O) groups is 1. The lowest BCUT2D eigenvalue weighted by molar-refractivity contribution is -0.123. The summed E-state index contributed by atoms with van der Waals surface area (Å²) in [6.07, 6.45) is 7.74. The maximum Gasteiger partial charge on any atom is 0.275 e. The minimum absolute atomic E-state index is 0.231. The van der Waals surface area contributed by atoms with Gasteiger partial charge in [-0.15, -0.1) is 0 Å². The van der Waals surface area contributed by atoms with Crippen molar-refractivity contribution in [2.75, 3.05) is 6.61 Å². The standard InChI is InChI=1S/C28H32ClN5O4/c1-17(29)26(38-16-19-10-11-19)12-20-13-33(31-18(20)2)14-24-21-6-3-4-7-22(21)28(37)34(32-24)15-27(36)30-23-8-5-9-25(23)35/h3-4,6-7,12-13,19,23,25,35H,1,5,8-11,14-16H2,2H3,(H,30,36)/b26-12+/t23?,25-/m0/s1. The Balaban J connectivity index is 1.40. The van der Waals surface area contributed by atoms with Gasteiger partial charge in [-0.25, -0.2) is 4.68 Å². The molecular formula is C28H32ClN5O4. The van der Waals surface area contributed by atoms with E-state index in [9.17, 15) is 14.7 Å². The van der Waals surface area contributed by atoms with E-state index < -0.39 is 6.10 Å². The monoisotopic (exact) mass is 537 g/mol. The average molecular weight is 538 g/mol. The van der Waals surface area contributed by atoms with E-state index >= 15 is 0 Å². The summed E-state index contributed by atoms with van der Waals surface area (Å²) in [6, 6.07) is 6.92. The van der Waals surface area contributed by atoms with Crippen molar-refractivity contribution in [3.8, 4) is 0 Å². The predicted molar refractivity (Wildman–Crippen MR) is 146 cm³/mol. The molecule has 0 saturated heterocycles. The van der Waals surface area contributed by atoms with Gasteiger partial charge >= 0.3 is 0 Å². The van der Waals surface area contributed by atoms with E-state index in [1.54, 1.807) is 16.8 Å². The minimum Gasteiger partial charge on any atom is -0.492 e. The zero-order valence-corrected chi connectivity index (χ0v) is 22.2. The largest absolute Gasteiger partial charge is 0.492 e. The van der Waals surface area contributed by atoms with E-state index in [1.165, 1.54) is 17.5 Å². The number of aromatic nitrogens is 4. The maximum absolute atomic E-state index is 13.1. The first kappa shape index (κ1) is 26.2. The molecule has 0 bridgehead atoms. The molecule has 2 saturated carbocycles. The van der Waals surface area contributed by atoms with Crippen LogP contribution in [0.5, 0.6) is 0 Å². The second kappa shape index (κ2) is 11.1. The molecule has 2 aromatic heterocycles. The van der Waals surface area contributed by atoms with Gasteiger partial charge in [0.15, 0.2) is 0 Å². The van der Waals surface area contributed by atoms with Crippen molar-refractivity contribution in [2.24, 2.45) is 5.92 Å². The number of amides is 1. The number of aryl methyl sites for hydroxylation is 1. The second-order valence-electron chi connectivity index (χ2n) is 10.2. The molecule has 0 aliphatic heterocycles. The molecule has 0 radical (unpaired) electrons. The molecule has 2 aliphatic rings. The van der Waals surface area contributed by atoms with Crippen LogP contribution in [-0.2, 0) is 22.6 Å². The van der Waals surface area contributed by atoms with Crippen LogP contribution < -0.4 is 10.9 Å². The van der Waals surface area contributed by atoms with E-state index in [0.717, 1.165) is 24.1 Å². The number of benzene rings is 1. The molecule has 2 N–H and O–H groups in total. The summed E-state index contributed by atoms with van der Waals surface area (Å²) in [6.45, 7) is 6.40. The lowest BCUT2D eigenvalue weighted by atomic mass is 10.1. The number of ether oxygens (including phenoxy) is 1. The molecule has 10 heteroatoms. The first-order valence-electron chi connectivity index (χ1n) is 13.0. The number of nitrogens with one attached hydrogen (secondary N) is 1. The molecule has 2 atom stereocenters. The number of rotatable bonds is 10. The van der Waals surface area contributed by atoms with Crippen LogP contribution in [0.3, 0.4) is 0 Å². The van der Waals surface area contributed by atoms with Crippen LogP contribution in [-0.4, -0.2) is 49.3 Å². The number of hydrogen-bond acceptors (Lipinski definition) is 6. The van der Waals surface area contributed by atoms with Crippen LogP contribution >= 0.6 is 11.6 Å². The summed E-state index contributed by atoms with van der Waals surface area (Å²) in [5, 5.41) is 23.6. The van der Waals surface area contributed by atoms with Crippen molar-refractivity contribution >= 4 is 34.4 Å². The quantitative estimate of drug-likeness (QED) is 0.302. The molecule has 1 unspecified atom stereocenters. The number of carbonyl (C=O) groups excluding carboxylic acids is 1. The third kappa shape index (κ3) is 6.00. The van der Waals surface area contributed by atoms with Gasteiger partial charge in [-0.2, -0.15) is 10.2 Å². The van der Waals surface area contributed by atoms with Crippen molar-refractivity contribution in [2.45, 2.75) is 64.3 Å². The zero-order chi connectivity index (χ0) is 26.8. The Morgan fingerprint density at radius 1 is 1.24 bits per heavy atom. The Kier molecular flexibility index (Phi) is 7.67. The molecule has 2 heterocycles. The van der Waals surface area contributed by atoms with E-state index in [2.05, 4.69) is 22.1 Å². The first-order chi connectivity index (χ1) is 18.3. The zero-order valence-electron chi connectivity index (χ0n) is 21.4. The summed E-state index contributed by atoms with van der Waals surface area (Å²) in [7, 11) is 0. The van der Waals surface area contributed by atoms with Gasteiger partial charge in [0.2, 0.25) is 5.91 Å². The number of hydrogen-bond donors (Lipinski definition) is 2. The highest BCUT2D eigenvalue weighted by atomic mass is 35.5. The van der Waals surface area contributed by atoms with Crippen LogP contribution in [0.4, 0.5) is 0 Å². The highest BCUT2D eigenvalue weighted by Gasteiger charge is 2.27. The lowest BCUT2D eigenvalue weighted by Gasteiger charge is -2.17. The Bertz CT molecular complexity index is 1460. The van der Waals surface area contributed by atoms with Gasteiger partial charge < -0.3 is 15.2 Å². The summed E-state index contributed by atoms with van der Waals surface area (Å²) < 4.78 is 8.81. The van der Waals surface area contributed by atoms with Crippen LogP contribution in [0.25, 0.3) is 16.8 Å². The normalized spacial score (nSPS) is 19.6. The highest BCUT2D eigenvalue weighted by Crippen LogP contribution is 2.31. The van der Waals surface area contributed by atoms with Gasteiger partial charge in [0.05, 0.1) is 47.1 Å². The number of nitrogens with zero attached hydrogens (tertiary/aromatic N) is 4. The summed E-state index contributed by atoms with van der Waals surface area (Å²) in [5.41, 5.74) is 1.89. The molecule has 1 amide bonds. The van der Waals surface area contributed by atoms with Crippen molar-refractivity contribution < 1.29 is 14.6 Å². The van der Waals surface area contributed by atoms with E-state index in [-0.39, 0.29) is 24.1 Å². The fourth-order valence-electron chi connectivity index (χ4n) is 4.77.